The van der Waals surface area contributed by atoms with Crippen LogP contribution in [0.1, 0.15) is 37.7 Å². The predicted molar refractivity (Wildman–Crippen MR) is 119 cm³/mol. The number of hydrogen-bond acceptors (Lipinski definition) is 5. The summed E-state index contributed by atoms with van der Waals surface area (Å²) in [6.45, 7) is 3.97. The van der Waals surface area contributed by atoms with Crippen LogP contribution in [-0.4, -0.2) is 37.6 Å². The lowest BCUT2D eigenvalue weighted by molar-refractivity contribution is 0.0475. The maximum absolute atomic E-state index is 12.7. The molecule has 1 aromatic heterocycles. The van der Waals surface area contributed by atoms with E-state index in [1.807, 2.05) is 48.7 Å². The summed E-state index contributed by atoms with van der Waals surface area (Å²) >= 11 is 0. The van der Waals surface area contributed by atoms with E-state index in [4.69, 9.17) is 4.74 Å². The van der Waals surface area contributed by atoms with Crippen molar-refractivity contribution in [3.63, 3.8) is 0 Å². The Kier molecular flexibility index (Phi) is 6.60. The van der Waals surface area contributed by atoms with Crippen LogP contribution in [0.5, 0.6) is 0 Å². The molecule has 0 amide bonds. The smallest absolute Gasteiger partial charge is 0.340 e. The lowest BCUT2D eigenvalue weighted by Gasteiger charge is -2.11. The highest BCUT2D eigenvalue weighted by Crippen LogP contribution is 2.20. The summed E-state index contributed by atoms with van der Waals surface area (Å²) in [6.07, 6.45) is 0.990. The van der Waals surface area contributed by atoms with Crippen LogP contribution in [-0.2, 0) is 21.3 Å². The van der Waals surface area contributed by atoms with E-state index in [2.05, 4.69) is 4.72 Å². The fraction of sp³-hybridized carbons (Fsp3) is 0.217. The van der Waals surface area contributed by atoms with E-state index in [1.165, 1.54) is 12.1 Å². The fourth-order valence-corrected chi connectivity index (χ4v) is 3.91. The normalized spacial score (nSPS) is 11.2. The first-order valence-corrected chi connectivity index (χ1v) is 11.5. The van der Waals surface area contributed by atoms with E-state index in [9.17, 15) is 18.0 Å². The molecule has 2 aromatic carbocycles. The number of aromatic nitrogens is 1. The lowest BCUT2D eigenvalue weighted by atomic mass is 10.1. The molecule has 0 spiro atoms. The number of rotatable bonds is 8. The third-order valence-electron chi connectivity index (χ3n) is 4.83. The molecule has 0 unspecified atom stereocenters. The summed E-state index contributed by atoms with van der Waals surface area (Å²) in [6, 6.07) is 17.8. The highest BCUT2D eigenvalue weighted by molar-refractivity contribution is 7.92. The molecular weight excluding hydrogens is 416 g/mol. The molecule has 0 aliphatic carbocycles. The second kappa shape index (κ2) is 9.18. The van der Waals surface area contributed by atoms with E-state index in [0.717, 1.165) is 23.2 Å². The van der Waals surface area contributed by atoms with Crippen LogP contribution in [0.2, 0.25) is 0 Å². The summed E-state index contributed by atoms with van der Waals surface area (Å²) in [5.74, 6) is -1.10. The van der Waals surface area contributed by atoms with Crippen LogP contribution in [0.3, 0.4) is 0 Å². The third kappa shape index (κ3) is 5.61. The van der Waals surface area contributed by atoms with E-state index in [-0.39, 0.29) is 17.0 Å². The van der Waals surface area contributed by atoms with Crippen molar-refractivity contribution in [1.29, 1.82) is 0 Å². The third-order valence-corrected chi connectivity index (χ3v) is 5.42. The van der Waals surface area contributed by atoms with Gasteiger partial charge in [-0.3, -0.25) is 9.52 Å². The number of para-hydroxylation sites is 1. The Labute approximate surface area is 181 Å². The van der Waals surface area contributed by atoms with Crippen LogP contribution in [0, 0.1) is 13.8 Å². The monoisotopic (exact) mass is 440 g/mol. The van der Waals surface area contributed by atoms with Crippen molar-refractivity contribution in [2.75, 3.05) is 17.6 Å². The minimum absolute atomic E-state index is 0.0373. The van der Waals surface area contributed by atoms with Gasteiger partial charge in [-0.25, -0.2) is 13.2 Å². The standard InChI is InChI=1S/C23H24N2O5S/c1-16-13-20(17(2)25(16)14-18-9-5-4-6-10-18)22(26)15-30-23(27)19-11-7-8-12-21(19)24-31(3,28)29/h4-13,24H,14-15H2,1-3H3. The second-order valence-electron chi connectivity index (χ2n) is 7.28. The van der Waals surface area contributed by atoms with Gasteiger partial charge < -0.3 is 9.30 Å². The maximum Gasteiger partial charge on any atom is 0.340 e. The molecule has 7 nitrogen and oxygen atoms in total. The van der Waals surface area contributed by atoms with Crippen molar-refractivity contribution < 1.29 is 22.7 Å². The molecule has 0 bridgehead atoms. The number of benzene rings is 2. The number of Topliss-reactive ketones (excluding diaryl/α,β-unsaturated/α-hetero) is 1. The largest absolute Gasteiger partial charge is 0.454 e. The number of sulfonamides is 1. The van der Waals surface area contributed by atoms with E-state index >= 15 is 0 Å². The summed E-state index contributed by atoms with van der Waals surface area (Å²) < 4.78 is 32.5. The van der Waals surface area contributed by atoms with Gasteiger partial charge >= 0.3 is 5.97 Å². The Morgan fingerprint density at radius 2 is 1.61 bits per heavy atom. The minimum atomic E-state index is -3.57. The maximum atomic E-state index is 12.7. The molecule has 3 aromatic rings. The quantitative estimate of drug-likeness (QED) is 0.427. The number of anilines is 1. The first-order chi connectivity index (χ1) is 14.7. The number of ketones is 1. The number of hydrogen-bond donors (Lipinski definition) is 1. The van der Waals surface area contributed by atoms with Gasteiger partial charge in [0.25, 0.3) is 0 Å². The molecule has 1 N–H and O–H groups in total. The number of carbonyl (C=O) groups is 2. The van der Waals surface area contributed by atoms with Gasteiger partial charge in [0.1, 0.15) is 0 Å². The van der Waals surface area contributed by atoms with Crippen molar-refractivity contribution in [1.82, 2.24) is 4.57 Å². The molecule has 162 valence electrons. The van der Waals surface area contributed by atoms with Gasteiger partial charge in [0.2, 0.25) is 15.8 Å². The molecule has 0 aliphatic heterocycles. The lowest BCUT2D eigenvalue weighted by Crippen LogP contribution is -2.18. The van der Waals surface area contributed by atoms with Crippen LogP contribution < -0.4 is 4.72 Å². The Morgan fingerprint density at radius 1 is 0.968 bits per heavy atom. The van der Waals surface area contributed by atoms with Crippen LogP contribution in [0.25, 0.3) is 0 Å². The zero-order valence-corrected chi connectivity index (χ0v) is 18.4. The highest BCUT2D eigenvalue weighted by Gasteiger charge is 2.20. The zero-order chi connectivity index (χ0) is 22.6. The van der Waals surface area contributed by atoms with Gasteiger partial charge in [-0.2, -0.15) is 0 Å². The van der Waals surface area contributed by atoms with Crippen LogP contribution >= 0.6 is 0 Å². The van der Waals surface area contributed by atoms with Crippen molar-refractivity contribution in [2.45, 2.75) is 20.4 Å². The summed E-state index contributed by atoms with van der Waals surface area (Å²) in [4.78, 5) is 25.2. The number of ether oxygens (including phenoxy) is 1. The number of nitrogens with zero attached hydrogens (tertiary/aromatic N) is 1. The first kappa shape index (κ1) is 22.3. The fourth-order valence-electron chi connectivity index (χ4n) is 3.33. The molecule has 0 saturated carbocycles. The number of esters is 1. The average molecular weight is 441 g/mol. The van der Waals surface area contributed by atoms with Gasteiger partial charge in [-0.1, -0.05) is 42.5 Å². The van der Waals surface area contributed by atoms with Crippen molar-refractivity contribution >= 4 is 27.5 Å². The van der Waals surface area contributed by atoms with Crippen LogP contribution in [0.15, 0.2) is 60.7 Å². The van der Waals surface area contributed by atoms with Gasteiger partial charge in [0.05, 0.1) is 17.5 Å². The Balaban J connectivity index is 1.72. The van der Waals surface area contributed by atoms with E-state index in [1.54, 1.807) is 18.2 Å². The predicted octanol–water partition coefficient (Wildman–Crippen LogP) is 3.56. The molecule has 0 atom stereocenters. The van der Waals surface area contributed by atoms with Gasteiger partial charge in [-0.05, 0) is 37.6 Å². The molecule has 0 radical (unpaired) electrons. The van der Waals surface area contributed by atoms with E-state index < -0.39 is 22.6 Å². The Bertz CT molecular complexity index is 1210. The van der Waals surface area contributed by atoms with Crippen LogP contribution in [0.4, 0.5) is 5.69 Å². The van der Waals surface area contributed by atoms with Crippen molar-refractivity contribution in [3.05, 3.63) is 88.7 Å². The highest BCUT2D eigenvalue weighted by atomic mass is 32.2. The zero-order valence-electron chi connectivity index (χ0n) is 17.6. The second-order valence-corrected chi connectivity index (χ2v) is 9.02. The van der Waals surface area contributed by atoms with Gasteiger partial charge in [0, 0.05) is 23.5 Å². The molecule has 31 heavy (non-hydrogen) atoms. The van der Waals surface area contributed by atoms with E-state index in [0.29, 0.717) is 12.1 Å². The number of nitrogens with one attached hydrogen (secondary N) is 1. The molecule has 8 heteroatoms. The molecule has 3 rings (SSSR count). The summed E-state index contributed by atoms with van der Waals surface area (Å²) in [5, 5.41) is 0. The molecule has 1 heterocycles. The minimum Gasteiger partial charge on any atom is -0.454 e. The molecular formula is C23H24N2O5S. The number of aryl methyl sites for hydroxylation is 1. The topological polar surface area (TPSA) is 94.5 Å². The SMILES string of the molecule is Cc1cc(C(=O)COC(=O)c2ccccc2NS(C)(=O)=O)c(C)n1Cc1ccccc1. The average Bonchev–Trinajstić information content (AvgIpc) is 3.00. The first-order valence-electron chi connectivity index (χ1n) is 9.63. The summed E-state index contributed by atoms with van der Waals surface area (Å²) in [5.41, 5.74) is 3.47. The molecule has 0 aliphatic rings. The summed E-state index contributed by atoms with van der Waals surface area (Å²) in [7, 11) is -3.57. The van der Waals surface area contributed by atoms with Gasteiger partial charge in [-0.15, -0.1) is 0 Å². The van der Waals surface area contributed by atoms with Crippen molar-refractivity contribution in [2.24, 2.45) is 0 Å². The molecule has 0 saturated heterocycles. The molecule has 0 fully saturated rings. The number of carbonyl (C=O) groups excluding carboxylic acids is 2. The van der Waals surface area contributed by atoms with Crippen molar-refractivity contribution in [3.8, 4) is 0 Å². The Morgan fingerprint density at radius 3 is 2.29 bits per heavy atom. The van der Waals surface area contributed by atoms with Gasteiger partial charge in [0.15, 0.2) is 6.61 Å². The Hall–Kier alpha value is -3.39.